The second-order valence-corrected chi connectivity index (χ2v) is 9.98. The van der Waals surface area contributed by atoms with Gasteiger partial charge in [-0.2, -0.15) is 0 Å². The molecule has 1 aliphatic rings. The summed E-state index contributed by atoms with van der Waals surface area (Å²) in [6, 6.07) is 6.87. The van der Waals surface area contributed by atoms with Crippen molar-refractivity contribution in [1.29, 1.82) is 0 Å². The molecule has 0 bridgehead atoms. The van der Waals surface area contributed by atoms with Gasteiger partial charge in [0.1, 0.15) is 17.7 Å². The van der Waals surface area contributed by atoms with Crippen LogP contribution in [0.2, 0.25) is 0 Å². The first-order chi connectivity index (χ1) is 15.0. The molecular formula is C24H27FN6O. The molecule has 1 saturated heterocycles. The Bertz CT molecular complexity index is 1350. The van der Waals surface area contributed by atoms with E-state index in [2.05, 4.69) is 39.3 Å². The number of hydrogen-bond acceptors (Lipinski definition) is 6. The van der Waals surface area contributed by atoms with Crippen LogP contribution >= 0.6 is 0 Å². The summed E-state index contributed by atoms with van der Waals surface area (Å²) in [6.07, 6.45) is 3.12. The number of benzene rings is 1. The molecule has 2 atom stereocenters. The highest BCUT2D eigenvalue weighted by atomic mass is 19.1. The molecule has 0 radical (unpaired) electrons. The molecule has 7 nitrogen and oxygen atoms in total. The number of nitrogens with zero attached hydrogens (tertiary/aromatic N) is 5. The molecule has 4 heterocycles. The summed E-state index contributed by atoms with van der Waals surface area (Å²) in [7, 11) is 0. The Balaban J connectivity index is 1.58. The van der Waals surface area contributed by atoms with Crippen molar-refractivity contribution >= 4 is 21.9 Å². The zero-order chi connectivity index (χ0) is 22.8. The summed E-state index contributed by atoms with van der Waals surface area (Å²) in [6.45, 7) is 9.80. The van der Waals surface area contributed by atoms with Crippen LogP contribution in [0.1, 0.15) is 46.0 Å². The average molecular weight is 435 g/mol. The van der Waals surface area contributed by atoms with Crippen molar-refractivity contribution in [3.8, 4) is 17.0 Å². The van der Waals surface area contributed by atoms with Crippen molar-refractivity contribution in [2.45, 2.75) is 64.3 Å². The third-order valence-electron chi connectivity index (χ3n) is 6.32. The molecule has 8 heteroatoms. The fraction of sp³-hybridized carbons (Fsp3) is 0.417. The fourth-order valence-electron chi connectivity index (χ4n) is 5.06. The number of phenols is 1. The molecule has 0 unspecified atom stereocenters. The van der Waals surface area contributed by atoms with Gasteiger partial charge in [-0.15, -0.1) is 10.2 Å². The van der Waals surface area contributed by atoms with E-state index in [0.717, 1.165) is 16.3 Å². The van der Waals surface area contributed by atoms with Crippen molar-refractivity contribution in [2.24, 2.45) is 0 Å². The first-order valence-electron chi connectivity index (χ1n) is 10.8. The smallest absolute Gasteiger partial charge is 0.162 e. The number of phenolic OH excluding ortho intramolecular Hbond substituents is 1. The van der Waals surface area contributed by atoms with Crippen LogP contribution in [0.25, 0.3) is 33.2 Å². The lowest BCUT2D eigenvalue weighted by atomic mass is 9.78. The van der Waals surface area contributed by atoms with E-state index in [0.29, 0.717) is 29.1 Å². The van der Waals surface area contributed by atoms with Gasteiger partial charge in [-0.1, -0.05) is 0 Å². The van der Waals surface area contributed by atoms with Crippen LogP contribution in [0.5, 0.6) is 5.75 Å². The zero-order valence-electron chi connectivity index (χ0n) is 18.9. The van der Waals surface area contributed by atoms with E-state index in [-0.39, 0.29) is 17.3 Å². The molecule has 1 aliphatic heterocycles. The van der Waals surface area contributed by atoms with E-state index < -0.39 is 11.7 Å². The van der Waals surface area contributed by atoms with E-state index in [1.54, 1.807) is 18.3 Å². The van der Waals surface area contributed by atoms with Crippen molar-refractivity contribution in [3.63, 3.8) is 0 Å². The molecule has 0 aliphatic carbocycles. The van der Waals surface area contributed by atoms with Gasteiger partial charge in [0, 0.05) is 39.8 Å². The molecule has 0 spiro atoms. The highest BCUT2D eigenvalue weighted by Crippen LogP contribution is 2.40. The van der Waals surface area contributed by atoms with Crippen LogP contribution in [0.15, 0.2) is 36.7 Å². The average Bonchev–Trinajstić information content (AvgIpc) is 3.13. The van der Waals surface area contributed by atoms with Gasteiger partial charge in [0.2, 0.25) is 0 Å². The Morgan fingerprint density at radius 2 is 1.91 bits per heavy atom. The maximum Gasteiger partial charge on any atom is 0.162 e. The number of nitrogens with one attached hydrogen (secondary N) is 1. The van der Waals surface area contributed by atoms with Crippen LogP contribution in [0.3, 0.4) is 0 Å². The fourth-order valence-corrected chi connectivity index (χ4v) is 5.06. The van der Waals surface area contributed by atoms with E-state index in [9.17, 15) is 5.11 Å². The summed E-state index contributed by atoms with van der Waals surface area (Å²) in [4.78, 5) is 8.62. The van der Waals surface area contributed by atoms with E-state index >= 15 is 4.39 Å². The first-order valence-corrected chi connectivity index (χ1v) is 10.8. The highest BCUT2D eigenvalue weighted by molar-refractivity contribution is 5.88. The Labute approximate surface area is 185 Å². The second-order valence-electron chi connectivity index (χ2n) is 9.98. The molecule has 3 aromatic heterocycles. The number of halogens is 1. The lowest BCUT2D eigenvalue weighted by molar-refractivity contribution is 0.0313. The van der Waals surface area contributed by atoms with E-state index in [1.807, 2.05) is 43.7 Å². The molecule has 1 fully saturated rings. The number of aryl methyl sites for hydroxylation is 1. The topological polar surface area (TPSA) is 88.8 Å². The predicted molar refractivity (Wildman–Crippen MR) is 122 cm³/mol. The summed E-state index contributed by atoms with van der Waals surface area (Å²) in [5.74, 6) is 0.741. The van der Waals surface area contributed by atoms with Crippen LogP contribution in [-0.4, -0.2) is 47.1 Å². The molecule has 0 saturated carbocycles. The minimum absolute atomic E-state index is 0.0868. The third kappa shape index (κ3) is 3.39. The molecule has 5 rings (SSSR count). The van der Waals surface area contributed by atoms with Gasteiger partial charge in [0.05, 0.1) is 17.3 Å². The van der Waals surface area contributed by atoms with Crippen molar-refractivity contribution in [2.75, 3.05) is 0 Å². The van der Waals surface area contributed by atoms with Gasteiger partial charge >= 0.3 is 0 Å². The Kier molecular flexibility index (Phi) is 4.50. The minimum Gasteiger partial charge on any atom is -0.507 e. The third-order valence-corrected chi connectivity index (χ3v) is 6.32. The maximum absolute atomic E-state index is 15.5. The van der Waals surface area contributed by atoms with Crippen molar-refractivity contribution in [3.05, 3.63) is 42.5 Å². The molecular weight excluding hydrogens is 407 g/mol. The zero-order valence-corrected chi connectivity index (χ0v) is 18.9. The van der Waals surface area contributed by atoms with Crippen LogP contribution < -0.4 is 5.32 Å². The minimum atomic E-state index is -1.08. The van der Waals surface area contributed by atoms with Gasteiger partial charge in [-0.3, -0.25) is 0 Å². The molecule has 32 heavy (non-hydrogen) atoms. The molecule has 166 valence electrons. The SMILES string of the molecule is Cc1ncc2cc(O)c(-c3cc4ccn([C@H]5CC(C)(C)NC(C)(C)[C@H]5F)c4nn3)cc2n1. The number of fused-ring (bicyclic) bond motifs is 2. The lowest BCUT2D eigenvalue weighted by Crippen LogP contribution is -2.64. The molecule has 1 aromatic carbocycles. The second kappa shape index (κ2) is 6.93. The van der Waals surface area contributed by atoms with Gasteiger partial charge in [0.15, 0.2) is 5.65 Å². The van der Waals surface area contributed by atoms with Crippen molar-refractivity contribution in [1.82, 2.24) is 30.0 Å². The summed E-state index contributed by atoms with van der Waals surface area (Å²) in [5, 5.41) is 24.4. The number of aromatic hydroxyl groups is 1. The monoisotopic (exact) mass is 434 g/mol. The molecule has 4 aromatic rings. The van der Waals surface area contributed by atoms with Crippen molar-refractivity contribution < 1.29 is 9.50 Å². The standard InChI is InChI=1S/C24H27FN6O/c1-13-26-12-15-9-20(32)16(10-17(15)27-13)18-8-14-6-7-31(22(14)29-28-18)19-11-23(2,3)30-24(4,5)21(19)25/h6-10,12,19,21,30,32H,11H2,1-5H3/t19-,21-/m0/s1. The summed E-state index contributed by atoms with van der Waals surface area (Å²) in [5.41, 5.74) is 1.57. The Morgan fingerprint density at radius 3 is 2.69 bits per heavy atom. The maximum atomic E-state index is 15.5. The lowest BCUT2D eigenvalue weighted by Gasteiger charge is -2.49. The van der Waals surface area contributed by atoms with Gasteiger partial charge in [-0.05, 0) is 65.3 Å². The number of aromatic nitrogens is 5. The van der Waals surface area contributed by atoms with Crippen LogP contribution in [0.4, 0.5) is 4.39 Å². The quantitative estimate of drug-likeness (QED) is 0.483. The van der Waals surface area contributed by atoms with Gasteiger partial charge in [-0.25, -0.2) is 14.4 Å². The number of rotatable bonds is 2. The predicted octanol–water partition coefficient (Wildman–Crippen LogP) is 4.49. The van der Waals surface area contributed by atoms with E-state index in [1.165, 1.54) is 0 Å². The Morgan fingerprint density at radius 1 is 1.12 bits per heavy atom. The van der Waals surface area contributed by atoms with Gasteiger partial charge in [0.25, 0.3) is 0 Å². The molecule has 2 N–H and O–H groups in total. The highest BCUT2D eigenvalue weighted by Gasteiger charge is 2.47. The van der Waals surface area contributed by atoms with E-state index in [4.69, 9.17) is 0 Å². The number of alkyl halides is 1. The number of hydrogen-bond donors (Lipinski definition) is 2. The molecule has 0 amide bonds. The summed E-state index contributed by atoms with van der Waals surface area (Å²) >= 11 is 0. The Hall–Kier alpha value is -3.13. The normalized spacial score (nSPS) is 22.4. The number of piperidine rings is 1. The van der Waals surface area contributed by atoms with Crippen LogP contribution in [-0.2, 0) is 0 Å². The van der Waals surface area contributed by atoms with Gasteiger partial charge < -0.3 is 15.0 Å². The van der Waals surface area contributed by atoms with Crippen LogP contribution in [0, 0.1) is 6.92 Å². The largest absolute Gasteiger partial charge is 0.507 e. The first kappa shape index (κ1) is 20.8. The summed E-state index contributed by atoms with van der Waals surface area (Å²) < 4.78 is 17.4.